The number of carbonyl (C=O) groups is 1. The molecule has 0 saturated carbocycles. The maximum atomic E-state index is 12.6. The van der Waals surface area contributed by atoms with Gasteiger partial charge < -0.3 is 19.2 Å². The molecule has 0 aliphatic rings. The van der Waals surface area contributed by atoms with Crippen molar-refractivity contribution in [3.05, 3.63) is 57.9 Å². The molecule has 0 fully saturated rings. The first-order valence-electron chi connectivity index (χ1n) is 8.21. The summed E-state index contributed by atoms with van der Waals surface area (Å²) in [6.07, 6.45) is 0. The maximum Gasteiger partial charge on any atom is 0.268 e. The number of halogens is 1. The van der Waals surface area contributed by atoms with E-state index in [1.807, 2.05) is 54.8 Å². The van der Waals surface area contributed by atoms with Gasteiger partial charge in [-0.05, 0) is 38.7 Å². The molecule has 5 nitrogen and oxygen atoms in total. The topological polar surface area (TPSA) is 50.4 Å². The van der Waals surface area contributed by atoms with Crippen LogP contribution in [0.5, 0.6) is 0 Å². The highest BCUT2D eigenvalue weighted by Gasteiger charge is 2.18. The second-order valence-electron chi connectivity index (χ2n) is 6.41. The molecule has 1 aromatic carbocycles. The lowest BCUT2D eigenvalue weighted by atomic mass is 10.2. The normalized spacial score (nSPS) is 11.4. The van der Waals surface area contributed by atoms with Gasteiger partial charge in [0.1, 0.15) is 11.5 Å². The molecule has 0 aliphatic carbocycles. The van der Waals surface area contributed by atoms with E-state index >= 15 is 0 Å². The van der Waals surface area contributed by atoms with Gasteiger partial charge in [0.15, 0.2) is 5.58 Å². The summed E-state index contributed by atoms with van der Waals surface area (Å²) in [5.74, 6) is 0.761. The second kappa shape index (κ2) is 7.45. The average molecular weight is 404 g/mol. The van der Waals surface area contributed by atoms with Crippen LogP contribution < -0.4 is 5.32 Å². The first-order valence-corrected chi connectivity index (χ1v) is 9.00. The molecule has 0 unspecified atom stereocenters. The van der Waals surface area contributed by atoms with Crippen LogP contribution in [0.15, 0.2) is 45.3 Å². The molecule has 1 amide bonds. The largest absolute Gasteiger partial charge is 0.460 e. The predicted octanol–water partition coefficient (Wildman–Crippen LogP) is 3.64. The molecule has 0 spiro atoms. The fourth-order valence-electron chi connectivity index (χ4n) is 2.78. The highest BCUT2D eigenvalue weighted by atomic mass is 79.9. The Bertz CT molecular complexity index is 878. The molecule has 2 heterocycles. The van der Waals surface area contributed by atoms with Gasteiger partial charge in [0.05, 0.1) is 5.52 Å². The van der Waals surface area contributed by atoms with Crippen LogP contribution in [0.4, 0.5) is 0 Å². The van der Waals surface area contributed by atoms with Crippen molar-refractivity contribution in [3.63, 3.8) is 0 Å². The lowest BCUT2D eigenvalue weighted by Gasteiger charge is -2.13. The minimum absolute atomic E-state index is 0.0805. The number of amides is 1. The van der Waals surface area contributed by atoms with Crippen LogP contribution in [0.3, 0.4) is 0 Å². The summed E-state index contributed by atoms with van der Waals surface area (Å²) in [4.78, 5) is 14.7. The number of nitrogens with one attached hydrogen (secondary N) is 1. The summed E-state index contributed by atoms with van der Waals surface area (Å²) in [7, 11) is 3.97. The van der Waals surface area contributed by atoms with Crippen LogP contribution in [-0.4, -0.2) is 42.6 Å². The zero-order chi connectivity index (χ0) is 18.0. The number of aryl methyl sites for hydroxylation is 1. The average Bonchev–Trinajstić information content (AvgIpc) is 3.06. The lowest BCUT2D eigenvalue weighted by molar-refractivity contribution is 0.0942. The number of hydrogen-bond acceptors (Lipinski definition) is 3. The third-order valence-corrected chi connectivity index (χ3v) is 4.57. The fraction of sp³-hybridized carbons (Fsp3) is 0.316. The van der Waals surface area contributed by atoms with E-state index in [4.69, 9.17) is 4.42 Å². The molecule has 6 heteroatoms. The molecule has 2 aromatic heterocycles. The lowest BCUT2D eigenvalue weighted by Crippen LogP contribution is -2.32. The van der Waals surface area contributed by atoms with E-state index in [1.54, 1.807) is 0 Å². The van der Waals surface area contributed by atoms with E-state index in [0.29, 0.717) is 18.8 Å². The van der Waals surface area contributed by atoms with E-state index in [2.05, 4.69) is 33.4 Å². The van der Waals surface area contributed by atoms with E-state index in [1.165, 1.54) is 0 Å². The third kappa shape index (κ3) is 4.14. The number of furan rings is 1. The summed E-state index contributed by atoms with van der Waals surface area (Å²) >= 11 is 3.45. The highest BCUT2D eigenvalue weighted by Crippen LogP contribution is 2.25. The van der Waals surface area contributed by atoms with Crippen molar-refractivity contribution in [2.45, 2.75) is 13.5 Å². The molecule has 0 aliphatic heterocycles. The number of rotatable bonds is 6. The van der Waals surface area contributed by atoms with Crippen molar-refractivity contribution in [2.75, 3.05) is 27.2 Å². The Morgan fingerprint density at radius 2 is 1.96 bits per heavy atom. The van der Waals surface area contributed by atoms with E-state index in [0.717, 1.165) is 33.4 Å². The van der Waals surface area contributed by atoms with Crippen molar-refractivity contribution in [2.24, 2.45) is 0 Å². The summed E-state index contributed by atoms with van der Waals surface area (Å²) in [5.41, 5.74) is 3.43. The summed E-state index contributed by atoms with van der Waals surface area (Å²) in [6, 6.07) is 11.9. The first kappa shape index (κ1) is 17.8. The molecule has 1 N–H and O–H groups in total. The van der Waals surface area contributed by atoms with Crippen LogP contribution in [-0.2, 0) is 6.54 Å². The Kier molecular flexibility index (Phi) is 5.30. The van der Waals surface area contributed by atoms with Crippen molar-refractivity contribution in [1.82, 2.24) is 14.8 Å². The Morgan fingerprint density at radius 3 is 2.64 bits per heavy atom. The standard InChI is InChI=1S/C19H22BrN3O2/c1-13-10-16-18(25-13)11-17(19(24)21-8-9-22(2)3)23(16)12-14-4-6-15(20)7-5-14/h4-7,10-11H,8-9,12H2,1-3H3,(H,21,24). The smallest absolute Gasteiger partial charge is 0.268 e. The maximum absolute atomic E-state index is 12.6. The minimum Gasteiger partial charge on any atom is -0.460 e. The summed E-state index contributed by atoms with van der Waals surface area (Å²) in [6.45, 7) is 3.94. The van der Waals surface area contributed by atoms with Gasteiger partial charge in [0.2, 0.25) is 0 Å². The highest BCUT2D eigenvalue weighted by molar-refractivity contribution is 9.10. The quantitative estimate of drug-likeness (QED) is 0.683. The molecule has 0 bridgehead atoms. The van der Waals surface area contributed by atoms with Gasteiger partial charge in [0.25, 0.3) is 5.91 Å². The Morgan fingerprint density at radius 1 is 1.24 bits per heavy atom. The summed E-state index contributed by atoms with van der Waals surface area (Å²) in [5, 5.41) is 2.98. The van der Waals surface area contributed by atoms with E-state index in [9.17, 15) is 4.79 Å². The fourth-order valence-corrected chi connectivity index (χ4v) is 3.04. The molecule has 0 radical (unpaired) electrons. The molecular formula is C19H22BrN3O2. The molecule has 3 rings (SSSR count). The third-order valence-electron chi connectivity index (χ3n) is 4.04. The van der Waals surface area contributed by atoms with Crippen LogP contribution in [0.1, 0.15) is 21.8 Å². The second-order valence-corrected chi connectivity index (χ2v) is 7.32. The number of benzene rings is 1. The predicted molar refractivity (Wildman–Crippen MR) is 103 cm³/mol. The van der Waals surface area contributed by atoms with Crippen molar-refractivity contribution >= 4 is 32.9 Å². The zero-order valence-corrected chi connectivity index (χ0v) is 16.3. The Labute approximate surface area is 155 Å². The SMILES string of the molecule is Cc1cc2c(cc(C(=O)NCCN(C)C)n2Cc2ccc(Br)cc2)o1. The monoisotopic (exact) mass is 403 g/mol. The van der Waals surface area contributed by atoms with Crippen molar-refractivity contribution < 1.29 is 9.21 Å². The number of nitrogens with zero attached hydrogens (tertiary/aromatic N) is 2. The number of likely N-dealkylation sites (N-methyl/N-ethyl adjacent to an activating group) is 1. The van der Waals surface area contributed by atoms with Gasteiger partial charge in [-0.15, -0.1) is 0 Å². The number of aromatic nitrogens is 1. The van der Waals surface area contributed by atoms with Gasteiger partial charge in [-0.25, -0.2) is 0 Å². The van der Waals surface area contributed by atoms with Gasteiger partial charge in [0, 0.05) is 36.2 Å². The van der Waals surface area contributed by atoms with Crippen LogP contribution in [0.25, 0.3) is 11.1 Å². The molecule has 0 atom stereocenters. The van der Waals surface area contributed by atoms with Crippen LogP contribution in [0, 0.1) is 6.92 Å². The number of fused-ring (bicyclic) bond motifs is 1. The zero-order valence-electron chi connectivity index (χ0n) is 14.7. The number of hydrogen-bond donors (Lipinski definition) is 1. The molecule has 25 heavy (non-hydrogen) atoms. The molecular weight excluding hydrogens is 382 g/mol. The van der Waals surface area contributed by atoms with E-state index < -0.39 is 0 Å². The molecule has 0 saturated heterocycles. The van der Waals surface area contributed by atoms with Crippen LogP contribution >= 0.6 is 15.9 Å². The van der Waals surface area contributed by atoms with Crippen molar-refractivity contribution in [3.8, 4) is 0 Å². The Balaban J connectivity index is 1.90. The van der Waals surface area contributed by atoms with Gasteiger partial charge in [-0.2, -0.15) is 0 Å². The summed E-state index contributed by atoms with van der Waals surface area (Å²) < 4.78 is 8.77. The minimum atomic E-state index is -0.0805. The first-order chi connectivity index (χ1) is 11.9. The Hall–Kier alpha value is -2.05. The van der Waals surface area contributed by atoms with Gasteiger partial charge >= 0.3 is 0 Å². The number of carbonyl (C=O) groups excluding carboxylic acids is 1. The van der Waals surface area contributed by atoms with Gasteiger partial charge in [-0.3, -0.25) is 4.79 Å². The molecule has 3 aromatic rings. The molecule has 132 valence electrons. The van der Waals surface area contributed by atoms with Crippen molar-refractivity contribution in [1.29, 1.82) is 0 Å². The van der Waals surface area contributed by atoms with E-state index in [-0.39, 0.29) is 5.91 Å². The van der Waals surface area contributed by atoms with Gasteiger partial charge in [-0.1, -0.05) is 28.1 Å². The van der Waals surface area contributed by atoms with Crippen LogP contribution in [0.2, 0.25) is 0 Å².